The van der Waals surface area contributed by atoms with Gasteiger partial charge < -0.3 is 20.5 Å². The third kappa shape index (κ3) is 5.93. The second-order valence-electron chi connectivity index (χ2n) is 4.62. The molecule has 0 spiro atoms. The predicted molar refractivity (Wildman–Crippen MR) is 80.2 cm³/mol. The molecule has 1 atom stereocenters. The average Bonchev–Trinajstić information content (AvgIpc) is 2.44. The number of benzene rings is 1. The van der Waals surface area contributed by atoms with Crippen LogP contribution in [0.5, 0.6) is 5.75 Å². The number of anilines is 1. The van der Waals surface area contributed by atoms with Gasteiger partial charge in [-0.3, -0.25) is 0 Å². The van der Waals surface area contributed by atoms with Gasteiger partial charge in [0.05, 0.1) is 18.4 Å². The second kappa shape index (κ2) is 9.20. The molecule has 0 aliphatic heterocycles. The van der Waals surface area contributed by atoms with Crippen LogP contribution in [0.2, 0.25) is 0 Å². The van der Waals surface area contributed by atoms with Crippen molar-refractivity contribution >= 4 is 11.7 Å². The molecule has 0 saturated carbocycles. The minimum atomic E-state index is -0.502. The average molecular weight is 280 g/mol. The van der Waals surface area contributed by atoms with Crippen LogP contribution in [0.1, 0.15) is 33.1 Å². The number of nitrogens with one attached hydrogen (secondary N) is 2. The molecule has 2 amide bonds. The van der Waals surface area contributed by atoms with E-state index in [1.54, 1.807) is 6.07 Å². The normalized spacial score (nSPS) is 11.8. The fourth-order valence-corrected chi connectivity index (χ4v) is 1.72. The molecule has 0 aliphatic carbocycles. The van der Waals surface area contributed by atoms with Crippen LogP contribution >= 0.6 is 0 Å². The fourth-order valence-electron chi connectivity index (χ4n) is 1.72. The molecule has 5 heteroatoms. The standard InChI is InChI=1S/C15H24N2O3/c1-3-7-12(18)11-16-15(19)17-13-8-5-6-9-14(13)20-10-4-2/h5-6,8-9,12,18H,3-4,7,10-11H2,1-2H3,(H2,16,17,19). The number of urea groups is 1. The monoisotopic (exact) mass is 280 g/mol. The number of hydrogen-bond donors (Lipinski definition) is 3. The van der Waals surface area contributed by atoms with Crippen molar-refractivity contribution in [1.82, 2.24) is 5.32 Å². The fraction of sp³-hybridized carbons (Fsp3) is 0.533. The maximum atomic E-state index is 11.8. The largest absolute Gasteiger partial charge is 0.491 e. The van der Waals surface area contributed by atoms with E-state index in [0.717, 1.165) is 12.8 Å². The van der Waals surface area contributed by atoms with Gasteiger partial charge >= 0.3 is 6.03 Å². The molecule has 0 radical (unpaired) electrons. The van der Waals surface area contributed by atoms with Crippen molar-refractivity contribution in [2.45, 2.75) is 39.2 Å². The van der Waals surface area contributed by atoms with Crippen LogP contribution in [0.25, 0.3) is 0 Å². The van der Waals surface area contributed by atoms with Crippen LogP contribution in [-0.4, -0.2) is 30.4 Å². The number of ether oxygens (including phenoxy) is 1. The van der Waals surface area contributed by atoms with E-state index in [2.05, 4.69) is 10.6 Å². The summed E-state index contributed by atoms with van der Waals surface area (Å²) in [5.74, 6) is 0.651. The van der Waals surface area contributed by atoms with E-state index in [4.69, 9.17) is 4.74 Å². The van der Waals surface area contributed by atoms with Crippen LogP contribution in [0.15, 0.2) is 24.3 Å². The van der Waals surface area contributed by atoms with Crippen LogP contribution < -0.4 is 15.4 Å². The summed E-state index contributed by atoms with van der Waals surface area (Å²) in [6.07, 6.45) is 1.97. The van der Waals surface area contributed by atoms with Gasteiger partial charge in [-0.25, -0.2) is 4.79 Å². The van der Waals surface area contributed by atoms with Crippen molar-refractivity contribution in [2.24, 2.45) is 0 Å². The van der Waals surface area contributed by atoms with E-state index < -0.39 is 6.10 Å². The Morgan fingerprint density at radius 3 is 2.75 bits per heavy atom. The minimum Gasteiger partial charge on any atom is -0.491 e. The van der Waals surface area contributed by atoms with Gasteiger partial charge in [-0.1, -0.05) is 32.4 Å². The van der Waals surface area contributed by atoms with Gasteiger partial charge in [0.15, 0.2) is 0 Å². The molecule has 1 aromatic rings. The smallest absolute Gasteiger partial charge is 0.319 e. The molecular weight excluding hydrogens is 256 g/mol. The molecule has 3 N–H and O–H groups in total. The Balaban J connectivity index is 2.48. The predicted octanol–water partition coefficient (Wildman–Crippen LogP) is 2.76. The lowest BCUT2D eigenvalue weighted by Gasteiger charge is -2.14. The second-order valence-corrected chi connectivity index (χ2v) is 4.62. The summed E-state index contributed by atoms with van der Waals surface area (Å²) in [7, 11) is 0. The zero-order chi connectivity index (χ0) is 14.8. The number of aliphatic hydroxyl groups excluding tert-OH is 1. The first kappa shape index (κ1) is 16.3. The molecule has 1 aromatic carbocycles. The topological polar surface area (TPSA) is 70.6 Å². The van der Waals surface area contributed by atoms with Gasteiger partial charge in [-0.05, 0) is 25.0 Å². The first-order valence-corrected chi connectivity index (χ1v) is 7.12. The molecule has 5 nitrogen and oxygen atoms in total. The Kier molecular flexibility index (Phi) is 7.50. The molecule has 0 aromatic heterocycles. The van der Waals surface area contributed by atoms with E-state index in [-0.39, 0.29) is 12.6 Å². The van der Waals surface area contributed by atoms with E-state index >= 15 is 0 Å². The Labute approximate surface area is 120 Å². The Morgan fingerprint density at radius 1 is 1.30 bits per heavy atom. The lowest BCUT2D eigenvalue weighted by Crippen LogP contribution is -2.35. The van der Waals surface area contributed by atoms with Crippen LogP contribution in [-0.2, 0) is 0 Å². The van der Waals surface area contributed by atoms with Crippen molar-refractivity contribution in [1.29, 1.82) is 0 Å². The summed E-state index contributed by atoms with van der Waals surface area (Å²) < 4.78 is 5.56. The number of para-hydroxylation sites is 2. The molecule has 0 saturated heterocycles. The van der Waals surface area contributed by atoms with Gasteiger partial charge in [0.25, 0.3) is 0 Å². The maximum absolute atomic E-state index is 11.8. The highest BCUT2D eigenvalue weighted by Gasteiger charge is 2.09. The molecular formula is C15H24N2O3. The number of carbonyl (C=O) groups excluding carboxylic acids is 1. The molecule has 0 fully saturated rings. The Bertz CT molecular complexity index is 410. The summed E-state index contributed by atoms with van der Waals surface area (Å²) in [4.78, 5) is 11.8. The van der Waals surface area contributed by atoms with Crippen molar-refractivity contribution in [3.63, 3.8) is 0 Å². The molecule has 20 heavy (non-hydrogen) atoms. The van der Waals surface area contributed by atoms with Gasteiger partial charge in [-0.15, -0.1) is 0 Å². The third-order valence-corrected chi connectivity index (χ3v) is 2.72. The minimum absolute atomic E-state index is 0.248. The number of rotatable bonds is 8. The molecule has 0 aliphatic rings. The first-order valence-electron chi connectivity index (χ1n) is 7.12. The van der Waals surface area contributed by atoms with Gasteiger partial charge in [0.1, 0.15) is 5.75 Å². The Morgan fingerprint density at radius 2 is 2.05 bits per heavy atom. The molecule has 0 bridgehead atoms. The molecule has 1 unspecified atom stereocenters. The number of amides is 2. The molecule has 1 rings (SSSR count). The molecule has 112 valence electrons. The number of aliphatic hydroxyl groups is 1. The third-order valence-electron chi connectivity index (χ3n) is 2.72. The highest BCUT2D eigenvalue weighted by molar-refractivity contribution is 5.90. The maximum Gasteiger partial charge on any atom is 0.319 e. The Hall–Kier alpha value is -1.75. The summed E-state index contributed by atoms with van der Waals surface area (Å²) in [5, 5.41) is 14.9. The lowest BCUT2D eigenvalue weighted by molar-refractivity contribution is 0.162. The van der Waals surface area contributed by atoms with Crippen LogP contribution in [0, 0.1) is 0 Å². The van der Waals surface area contributed by atoms with Crippen molar-refractivity contribution < 1.29 is 14.6 Å². The van der Waals surface area contributed by atoms with E-state index in [9.17, 15) is 9.90 Å². The lowest BCUT2D eigenvalue weighted by atomic mass is 10.2. The van der Waals surface area contributed by atoms with Gasteiger partial charge in [0.2, 0.25) is 0 Å². The first-order chi connectivity index (χ1) is 9.67. The van der Waals surface area contributed by atoms with E-state index in [1.807, 2.05) is 32.0 Å². The van der Waals surface area contributed by atoms with Crippen LogP contribution in [0.3, 0.4) is 0 Å². The van der Waals surface area contributed by atoms with Crippen molar-refractivity contribution in [3.05, 3.63) is 24.3 Å². The van der Waals surface area contributed by atoms with Gasteiger partial charge in [-0.2, -0.15) is 0 Å². The van der Waals surface area contributed by atoms with Gasteiger partial charge in [0, 0.05) is 6.54 Å². The summed E-state index contributed by atoms with van der Waals surface area (Å²) in [5.41, 5.74) is 0.628. The van der Waals surface area contributed by atoms with Crippen molar-refractivity contribution in [2.75, 3.05) is 18.5 Å². The van der Waals surface area contributed by atoms with Crippen LogP contribution in [0.4, 0.5) is 10.5 Å². The van der Waals surface area contributed by atoms with E-state index in [1.165, 1.54) is 0 Å². The highest BCUT2D eigenvalue weighted by atomic mass is 16.5. The zero-order valence-corrected chi connectivity index (χ0v) is 12.2. The van der Waals surface area contributed by atoms with E-state index in [0.29, 0.717) is 24.5 Å². The number of carbonyl (C=O) groups is 1. The quantitative estimate of drug-likeness (QED) is 0.685. The summed E-state index contributed by atoms with van der Waals surface area (Å²) in [6.45, 7) is 4.87. The highest BCUT2D eigenvalue weighted by Crippen LogP contribution is 2.23. The van der Waals surface area contributed by atoms with Crippen molar-refractivity contribution in [3.8, 4) is 5.75 Å². The number of hydrogen-bond acceptors (Lipinski definition) is 3. The summed E-state index contributed by atoms with van der Waals surface area (Å²) in [6, 6.07) is 6.96. The molecule has 0 heterocycles. The summed E-state index contributed by atoms with van der Waals surface area (Å²) >= 11 is 0. The SMILES string of the molecule is CCCOc1ccccc1NC(=O)NCC(O)CCC. The zero-order valence-electron chi connectivity index (χ0n) is 12.2.